The fraction of sp³-hybridized carbons (Fsp3) is 0.923. The number of carbonyl (C=O) groups excluding carboxylic acids is 1. The highest BCUT2D eigenvalue weighted by molar-refractivity contribution is 5.76. The van der Waals surface area contributed by atoms with E-state index < -0.39 is 0 Å². The summed E-state index contributed by atoms with van der Waals surface area (Å²) in [5.41, 5.74) is 5.44. The van der Waals surface area contributed by atoms with Gasteiger partial charge in [0, 0.05) is 46.8 Å². The maximum absolute atomic E-state index is 11.8. The molecule has 0 aromatic heterocycles. The van der Waals surface area contributed by atoms with E-state index in [0.717, 1.165) is 45.4 Å². The van der Waals surface area contributed by atoms with Gasteiger partial charge in [-0.3, -0.25) is 4.79 Å². The average molecular weight is 257 g/mol. The van der Waals surface area contributed by atoms with E-state index in [1.165, 1.54) is 0 Å². The fourth-order valence-corrected chi connectivity index (χ4v) is 2.27. The van der Waals surface area contributed by atoms with Crippen molar-refractivity contribution in [3.8, 4) is 0 Å². The topological polar surface area (TPSA) is 58.8 Å². The van der Waals surface area contributed by atoms with E-state index in [2.05, 4.69) is 4.90 Å². The molecule has 1 aliphatic rings. The Morgan fingerprint density at radius 3 is 2.67 bits per heavy atom. The number of nitrogens with zero attached hydrogens (tertiary/aromatic N) is 2. The quantitative estimate of drug-likeness (QED) is 0.712. The molecular weight excluding hydrogens is 230 g/mol. The van der Waals surface area contributed by atoms with Gasteiger partial charge in [-0.05, 0) is 25.8 Å². The van der Waals surface area contributed by atoms with Gasteiger partial charge in [0.25, 0.3) is 0 Å². The third kappa shape index (κ3) is 5.33. The second kappa shape index (κ2) is 8.45. The zero-order chi connectivity index (χ0) is 13.4. The fourth-order valence-electron chi connectivity index (χ4n) is 2.27. The van der Waals surface area contributed by atoms with Gasteiger partial charge >= 0.3 is 0 Å². The van der Waals surface area contributed by atoms with E-state index in [4.69, 9.17) is 10.5 Å². The SMILES string of the molecule is COC1CCN(CCC(=O)N(C)CCCN)CC1. The van der Waals surface area contributed by atoms with Gasteiger partial charge in [-0.2, -0.15) is 0 Å². The number of methoxy groups -OCH3 is 1. The maximum atomic E-state index is 11.8. The number of carbonyl (C=O) groups is 1. The summed E-state index contributed by atoms with van der Waals surface area (Å²) in [4.78, 5) is 16.0. The van der Waals surface area contributed by atoms with Gasteiger partial charge in [0.1, 0.15) is 0 Å². The molecule has 0 aliphatic carbocycles. The number of nitrogens with two attached hydrogens (primary N) is 1. The van der Waals surface area contributed by atoms with Crippen molar-refractivity contribution in [1.82, 2.24) is 9.80 Å². The van der Waals surface area contributed by atoms with E-state index >= 15 is 0 Å². The van der Waals surface area contributed by atoms with Crippen LogP contribution in [-0.2, 0) is 9.53 Å². The summed E-state index contributed by atoms with van der Waals surface area (Å²) in [5, 5.41) is 0. The van der Waals surface area contributed by atoms with Gasteiger partial charge in [-0.1, -0.05) is 0 Å². The van der Waals surface area contributed by atoms with Crippen LogP contribution in [0.1, 0.15) is 25.7 Å². The first-order valence-corrected chi connectivity index (χ1v) is 6.86. The first-order chi connectivity index (χ1) is 8.67. The third-order valence-corrected chi connectivity index (χ3v) is 3.63. The van der Waals surface area contributed by atoms with E-state index in [-0.39, 0.29) is 5.91 Å². The Balaban J connectivity index is 2.15. The minimum absolute atomic E-state index is 0.220. The van der Waals surface area contributed by atoms with Crippen molar-refractivity contribution in [3.63, 3.8) is 0 Å². The van der Waals surface area contributed by atoms with Gasteiger partial charge < -0.3 is 20.3 Å². The van der Waals surface area contributed by atoms with Gasteiger partial charge in [-0.25, -0.2) is 0 Å². The Hall–Kier alpha value is -0.650. The normalized spacial score (nSPS) is 17.9. The molecule has 18 heavy (non-hydrogen) atoms. The zero-order valence-electron chi connectivity index (χ0n) is 11.7. The van der Waals surface area contributed by atoms with Crippen LogP contribution in [0.4, 0.5) is 0 Å². The number of piperidine rings is 1. The molecule has 106 valence electrons. The predicted octanol–water partition coefficient (Wildman–Crippen LogP) is 0.295. The smallest absolute Gasteiger partial charge is 0.223 e. The number of hydrogen-bond acceptors (Lipinski definition) is 4. The highest BCUT2D eigenvalue weighted by atomic mass is 16.5. The van der Waals surface area contributed by atoms with E-state index in [1.54, 1.807) is 12.0 Å². The van der Waals surface area contributed by atoms with Gasteiger partial charge in [0.15, 0.2) is 0 Å². The van der Waals surface area contributed by atoms with Crippen LogP contribution in [0, 0.1) is 0 Å². The summed E-state index contributed by atoms with van der Waals surface area (Å²) in [6.45, 7) is 4.35. The number of hydrogen-bond donors (Lipinski definition) is 1. The molecule has 0 spiro atoms. The lowest BCUT2D eigenvalue weighted by Gasteiger charge is -2.31. The lowest BCUT2D eigenvalue weighted by Crippen LogP contribution is -2.39. The molecule has 1 fully saturated rings. The van der Waals surface area contributed by atoms with Crippen molar-refractivity contribution >= 4 is 5.91 Å². The molecule has 0 aromatic rings. The minimum Gasteiger partial charge on any atom is -0.381 e. The molecule has 0 bridgehead atoms. The molecule has 0 atom stereocenters. The molecule has 1 saturated heterocycles. The lowest BCUT2D eigenvalue weighted by atomic mass is 10.1. The molecule has 0 saturated carbocycles. The number of rotatable bonds is 7. The Morgan fingerprint density at radius 1 is 1.44 bits per heavy atom. The molecule has 1 heterocycles. The highest BCUT2D eigenvalue weighted by Gasteiger charge is 2.19. The standard InChI is InChI=1S/C13H27N3O2/c1-15(8-3-7-14)13(17)6-11-16-9-4-12(18-2)5-10-16/h12H,3-11,14H2,1-2H3. The Morgan fingerprint density at radius 2 is 2.11 bits per heavy atom. The molecule has 0 radical (unpaired) electrons. The zero-order valence-corrected chi connectivity index (χ0v) is 11.7. The largest absolute Gasteiger partial charge is 0.381 e. The molecule has 1 rings (SSSR count). The van der Waals surface area contributed by atoms with Gasteiger partial charge in [0.05, 0.1) is 6.10 Å². The van der Waals surface area contributed by atoms with Crippen LogP contribution in [0.2, 0.25) is 0 Å². The van der Waals surface area contributed by atoms with Crippen LogP contribution in [0.25, 0.3) is 0 Å². The van der Waals surface area contributed by atoms with Gasteiger partial charge in [-0.15, -0.1) is 0 Å². The Labute approximate surface area is 110 Å². The second-order valence-electron chi connectivity index (χ2n) is 4.98. The van der Waals surface area contributed by atoms with Crippen molar-refractivity contribution in [2.45, 2.75) is 31.8 Å². The Kier molecular flexibility index (Phi) is 7.23. The van der Waals surface area contributed by atoms with Crippen LogP contribution in [0.15, 0.2) is 0 Å². The summed E-state index contributed by atoms with van der Waals surface area (Å²) < 4.78 is 5.33. The number of likely N-dealkylation sites (tertiary alicyclic amines) is 1. The molecule has 5 heteroatoms. The second-order valence-corrected chi connectivity index (χ2v) is 4.98. The van der Waals surface area contributed by atoms with Gasteiger partial charge in [0.2, 0.25) is 5.91 Å². The molecule has 1 amide bonds. The molecular formula is C13H27N3O2. The summed E-state index contributed by atoms with van der Waals surface area (Å²) in [6.07, 6.45) is 4.05. The minimum atomic E-state index is 0.220. The van der Waals surface area contributed by atoms with E-state index in [9.17, 15) is 4.79 Å². The van der Waals surface area contributed by atoms with Crippen molar-refractivity contribution in [2.75, 3.05) is 46.9 Å². The molecule has 0 aromatic carbocycles. The van der Waals surface area contributed by atoms with Crippen molar-refractivity contribution in [1.29, 1.82) is 0 Å². The van der Waals surface area contributed by atoms with Crippen LogP contribution >= 0.6 is 0 Å². The summed E-state index contributed by atoms with van der Waals surface area (Å²) in [5.74, 6) is 0.220. The average Bonchev–Trinajstić information content (AvgIpc) is 2.42. The molecule has 0 unspecified atom stereocenters. The van der Waals surface area contributed by atoms with E-state index in [0.29, 0.717) is 19.1 Å². The van der Waals surface area contributed by atoms with Crippen LogP contribution in [0.5, 0.6) is 0 Å². The lowest BCUT2D eigenvalue weighted by molar-refractivity contribution is -0.130. The van der Waals surface area contributed by atoms with Crippen molar-refractivity contribution in [3.05, 3.63) is 0 Å². The first-order valence-electron chi connectivity index (χ1n) is 6.86. The van der Waals surface area contributed by atoms with E-state index in [1.807, 2.05) is 7.05 Å². The predicted molar refractivity (Wildman–Crippen MR) is 72.4 cm³/mol. The Bertz CT molecular complexity index is 240. The highest BCUT2D eigenvalue weighted by Crippen LogP contribution is 2.13. The monoisotopic (exact) mass is 257 g/mol. The number of amides is 1. The molecule has 1 aliphatic heterocycles. The van der Waals surface area contributed by atoms with Crippen LogP contribution in [0.3, 0.4) is 0 Å². The van der Waals surface area contributed by atoms with Crippen LogP contribution < -0.4 is 5.73 Å². The van der Waals surface area contributed by atoms with Crippen molar-refractivity contribution in [2.24, 2.45) is 5.73 Å². The maximum Gasteiger partial charge on any atom is 0.223 e. The summed E-state index contributed by atoms with van der Waals surface area (Å²) >= 11 is 0. The van der Waals surface area contributed by atoms with Crippen molar-refractivity contribution < 1.29 is 9.53 Å². The molecule has 2 N–H and O–H groups in total. The van der Waals surface area contributed by atoms with Crippen LogP contribution in [-0.4, -0.2) is 68.7 Å². The number of ether oxygens (including phenoxy) is 1. The third-order valence-electron chi connectivity index (χ3n) is 3.63. The summed E-state index contributed by atoms with van der Waals surface area (Å²) in [6, 6.07) is 0. The first kappa shape index (κ1) is 15.4. The summed E-state index contributed by atoms with van der Waals surface area (Å²) in [7, 11) is 3.63. The molecule has 5 nitrogen and oxygen atoms in total.